The fourth-order valence-corrected chi connectivity index (χ4v) is 2.89. The molecular formula is C14H11N3O5S. The van der Waals surface area contributed by atoms with Gasteiger partial charge < -0.3 is 4.42 Å². The average Bonchev–Trinajstić information content (AvgIpc) is 2.87. The Morgan fingerprint density at radius 1 is 1.17 bits per heavy atom. The number of sulfonamides is 1. The lowest BCUT2D eigenvalue weighted by Gasteiger charge is -2.04. The number of non-ortho nitro benzene ring substituents is 1. The second-order valence-corrected chi connectivity index (χ2v) is 6.53. The molecule has 0 aliphatic rings. The van der Waals surface area contributed by atoms with Crippen LogP contribution >= 0.6 is 0 Å². The standard InChI is InChI=1S/C14H11N3O5S/c1-9-2-5-11(6-3-9)23(20,21)16-14-15-12-8-10(17(18)19)4-7-13(12)22-14/h2-8H,1H3,(H,15,16). The van der Waals surface area contributed by atoms with Crippen LogP contribution in [0, 0.1) is 17.0 Å². The number of aromatic nitrogens is 1. The summed E-state index contributed by atoms with van der Waals surface area (Å²) in [7, 11) is -3.84. The van der Waals surface area contributed by atoms with Gasteiger partial charge in [0.05, 0.1) is 9.82 Å². The highest BCUT2D eigenvalue weighted by Crippen LogP contribution is 2.25. The molecule has 23 heavy (non-hydrogen) atoms. The maximum Gasteiger partial charge on any atom is 0.309 e. The molecular weight excluding hydrogens is 322 g/mol. The smallest absolute Gasteiger partial charge is 0.309 e. The summed E-state index contributed by atoms with van der Waals surface area (Å²) in [6, 6.07) is 9.85. The molecule has 0 saturated heterocycles. The minimum absolute atomic E-state index is 0.0661. The summed E-state index contributed by atoms with van der Waals surface area (Å²) in [5, 5.41) is 10.7. The highest BCUT2D eigenvalue weighted by atomic mass is 32.2. The number of hydrogen-bond donors (Lipinski definition) is 1. The van der Waals surface area contributed by atoms with Crippen LogP contribution in [0.2, 0.25) is 0 Å². The van der Waals surface area contributed by atoms with Crippen molar-refractivity contribution in [1.29, 1.82) is 0 Å². The molecule has 0 unspecified atom stereocenters. The maximum absolute atomic E-state index is 12.2. The van der Waals surface area contributed by atoms with E-state index in [0.717, 1.165) is 5.56 Å². The zero-order chi connectivity index (χ0) is 16.6. The predicted octanol–water partition coefficient (Wildman–Crippen LogP) is 2.85. The van der Waals surface area contributed by atoms with E-state index in [4.69, 9.17) is 4.42 Å². The van der Waals surface area contributed by atoms with Crippen LogP contribution in [-0.2, 0) is 10.0 Å². The molecule has 118 valence electrons. The maximum atomic E-state index is 12.2. The molecule has 9 heteroatoms. The Hall–Kier alpha value is -2.94. The molecule has 3 rings (SSSR count). The number of nitrogens with one attached hydrogen (secondary N) is 1. The molecule has 0 bridgehead atoms. The minimum Gasteiger partial charge on any atom is -0.423 e. The molecule has 0 aliphatic carbocycles. The highest BCUT2D eigenvalue weighted by Gasteiger charge is 2.18. The van der Waals surface area contributed by atoms with E-state index in [2.05, 4.69) is 9.71 Å². The van der Waals surface area contributed by atoms with Crippen molar-refractivity contribution in [2.45, 2.75) is 11.8 Å². The van der Waals surface area contributed by atoms with Crippen LogP contribution < -0.4 is 4.72 Å². The summed E-state index contributed by atoms with van der Waals surface area (Å²) < 4.78 is 32.0. The number of hydrogen-bond acceptors (Lipinski definition) is 6. The largest absolute Gasteiger partial charge is 0.423 e. The molecule has 1 aromatic heterocycles. The van der Waals surface area contributed by atoms with Crippen molar-refractivity contribution in [2.24, 2.45) is 0 Å². The van der Waals surface area contributed by atoms with Crippen molar-refractivity contribution in [2.75, 3.05) is 4.72 Å². The number of benzene rings is 2. The Morgan fingerprint density at radius 3 is 2.52 bits per heavy atom. The Bertz CT molecular complexity index is 993. The summed E-state index contributed by atoms with van der Waals surface area (Å²) in [5.74, 6) is 0. The van der Waals surface area contributed by atoms with Gasteiger partial charge in [-0.15, -0.1) is 0 Å². The lowest BCUT2D eigenvalue weighted by atomic mass is 10.2. The third-order valence-corrected chi connectivity index (χ3v) is 4.47. The van der Waals surface area contributed by atoms with Crippen LogP contribution in [0.3, 0.4) is 0 Å². The first-order valence-electron chi connectivity index (χ1n) is 6.50. The van der Waals surface area contributed by atoms with Gasteiger partial charge in [-0.3, -0.25) is 10.1 Å². The van der Waals surface area contributed by atoms with Crippen LogP contribution in [0.5, 0.6) is 0 Å². The molecule has 0 aliphatic heterocycles. The van der Waals surface area contributed by atoms with Gasteiger partial charge in [0.15, 0.2) is 5.58 Å². The predicted molar refractivity (Wildman–Crippen MR) is 82.7 cm³/mol. The van der Waals surface area contributed by atoms with Crippen LogP contribution in [0.15, 0.2) is 51.8 Å². The Kier molecular flexibility index (Phi) is 3.49. The lowest BCUT2D eigenvalue weighted by molar-refractivity contribution is -0.384. The number of oxazole rings is 1. The number of fused-ring (bicyclic) bond motifs is 1. The van der Waals surface area contributed by atoms with Gasteiger partial charge in [-0.25, -0.2) is 13.1 Å². The van der Waals surface area contributed by atoms with Gasteiger partial charge in [0, 0.05) is 12.1 Å². The van der Waals surface area contributed by atoms with E-state index in [1.165, 1.54) is 30.3 Å². The molecule has 0 atom stereocenters. The average molecular weight is 333 g/mol. The first-order valence-corrected chi connectivity index (χ1v) is 7.98. The van der Waals surface area contributed by atoms with Crippen molar-refractivity contribution < 1.29 is 17.8 Å². The molecule has 0 radical (unpaired) electrons. The van der Waals surface area contributed by atoms with Gasteiger partial charge >= 0.3 is 6.01 Å². The molecule has 0 fully saturated rings. The summed E-state index contributed by atoms with van der Waals surface area (Å²) in [6.45, 7) is 1.84. The van der Waals surface area contributed by atoms with Gasteiger partial charge in [0.25, 0.3) is 15.7 Å². The van der Waals surface area contributed by atoms with Crippen LogP contribution in [-0.4, -0.2) is 18.3 Å². The zero-order valence-corrected chi connectivity index (χ0v) is 12.7. The van der Waals surface area contributed by atoms with E-state index in [-0.39, 0.29) is 27.7 Å². The van der Waals surface area contributed by atoms with Gasteiger partial charge in [0.1, 0.15) is 5.52 Å². The van der Waals surface area contributed by atoms with Gasteiger partial charge in [-0.1, -0.05) is 17.7 Å². The van der Waals surface area contributed by atoms with Crippen molar-refractivity contribution in [1.82, 2.24) is 4.98 Å². The number of nitrogens with zero attached hydrogens (tertiary/aromatic N) is 2. The second-order valence-electron chi connectivity index (χ2n) is 4.85. The molecule has 0 amide bonds. The summed E-state index contributed by atoms with van der Waals surface area (Å²) in [5.41, 5.74) is 1.22. The third kappa shape index (κ3) is 2.99. The second kappa shape index (κ2) is 5.36. The van der Waals surface area contributed by atoms with Crippen LogP contribution in [0.25, 0.3) is 11.1 Å². The number of anilines is 1. The van der Waals surface area contributed by atoms with Crippen LogP contribution in [0.4, 0.5) is 11.7 Å². The van der Waals surface area contributed by atoms with Crippen molar-refractivity contribution in [3.8, 4) is 0 Å². The van der Waals surface area contributed by atoms with Gasteiger partial charge in [-0.2, -0.15) is 4.98 Å². The summed E-state index contributed by atoms with van der Waals surface area (Å²) >= 11 is 0. The first kappa shape index (κ1) is 15.0. The van der Waals surface area contributed by atoms with E-state index >= 15 is 0 Å². The molecule has 1 heterocycles. The normalized spacial score (nSPS) is 11.5. The fourth-order valence-electron chi connectivity index (χ4n) is 1.96. The highest BCUT2D eigenvalue weighted by molar-refractivity contribution is 7.92. The number of rotatable bonds is 4. The van der Waals surface area contributed by atoms with Crippen molar-refractivity contribution >= 4 is 32.8 Å². The first-order chi connectivity index (χ1) is 10.8. The Labute approximate surface area is 131 Å². The van der Waals surface area contributed by atoms with Gasteiger partial charge in [-0.05, 0) is 25.1 Å². The van der Waals surface area contributed by atoms with E-state index in [1.807, 2.05) is 6.92 Å². The molecule has 3 aromatic rings. The topological polar surface area (TPSA) is 115 Å². The minimum atomic E-state index is -3.84. The van der Waals surface area contributed by atoms with Crippen molar-refractivity contribution in [3.05, 3.63) is 58.1 Å². The summed E-state index contributed by atoms with van der Waals surface area (Å²) in [4.78, 5) is 14.2. The Morgan fingerprint density at radius 2 is 1.87 bits per heavy atom. The Balaban J connectivity index is 1.94. The summed E-state index contributed by atoms with van der Waals surface area (Å²) in [6.07, 6.45) is 0. The van der Waals surface area contributed by atoms with Crippen molar-refractivity contribution in [3.63, 3.8) is 0 Å². The molecule has 1 N–H and O–H groups in total. The molecule has 2 aromatic carbocycles. The molecule has 0 spiro atoms. The number of nitro groups is 1. The third-order valence-electron chi connectivity index (χ3n) is 3.13. The molecule has 8 nitrogen and oxygen atoms in total. The van der Waals surface area contributed by atoms with E-state index in [1.54, 1.807) is 12.1 Å². The van der Waals surface area contributed by atoms with E-state index < -0.39 is 14.9 Å². The fraction of sp³-hybridized carbons (Fsp3) is 0.0714. The lowest BCUT2D eigenvalue weighted by Crippen LogP contribution is -2.13. The molecule has 0 saturated carbocycles. The van der Waals surface area contributed by atoms with Crippen LogP contribution in [0.1, 0.15) is 5.56 Å². The van der Waals surface area contributed by atoms with E-state index in [9.17, 15) is 18.5 Å². The monoisotopic (exact) mass is 333 g/mol. The SMILES string of the molecule is Cc1ccc(S(=O)(=O)Nc2nc3cc([N+](=O)[O-])ccc3o2)cc1. The van der Waals surface area contributed by atoms with Gasteiger partial charge in [0.2, 0.25) is 0 Å². The number of aryl methyl sites for hydroxylation is 1. The number of nitro benzene ring substituents is 1. The zero-order valence-electron chi connectivity index (χ0n) is 11.9. The van der Waals surface area contributed by atoms with E-state index in [0.29, 0.717) is 0 Å². The quantitative estimate of drug-likeness (QED) is 0.580.